The minimum Gasteiger partial charge on any atom is -0.482 e. The van der Waals surface area contributed by atoms with Gasteiger partial charge in [0.2, 0.25) is 5.95 Å². The Morgan fingerprint density at radius 3 is 2.85 bits per heavy atom. The van der Waals surface area contributed by atoms with Crippen LogP contribution >= 0.6 is 0 Å². The first-order chi connectivity index (χ1) is 12.4. The molecule has 26 heavy (non-hydrogen) atoms. The summed E-state index contributed by atoms with van der Waals surface area (Å²) in [5, 5.41) is 8.69. The quantitative estimate of drug-likeness (QED) is 0.575. The predicted molar refractivity (Wildman–Crippen MR) is 95.6 cm³/mol. The number of carboxylic acids is 1. The number of nitrogens with zero attached hydrogens (tertiary/aromatic N) is 5. The van der Waals surface area contributed by atoms with Gasteiger partial charge in [0.25, 0.3) is 0 Å². The van der Waals surface area contributed by atoms with Gasteiger partial charge in [-0.05, 0) is 12.1 Å². The van der Waals surface area contributed by atoms with Crippen LogP contribution in [0, 0.1) is 0 Å². The van der Waals surface area contributed by atoms with Crippen molar-refractivity contribution in [3.63, 3.8) is 0 Å². The van der Waals surface area contributed by atoms with E-state index in [0.717, 1.165) is 5.69 Å². The molecule has 0 aliphatic carbocycles. The molecule has 0 aliphatic rings. The maximum atomic E-state index is 10.6. The molecule has 2 heterocycles. The zero-order valence-corrected chi connectivity index (χ0v) is 14.0. The fourth-order valence-corrected chi connectivity index (χ4v) is 2.35. The van der Waals surface area contributed by atoms with Crippen LogP contribution in [0.5, 0.6) is 5.75 Å². The van der Waals surface area contributed by atoms with Crippen molar-refractivity contribution >= 4 is 34.6 Å². The van der Waals surface area contributed by atoms with Gasteiger partial charge in [-0.1, -0.05) is 6.07 Å². The van der Waals surface area contributed by atoms with Crippen LogP contribution in [-0.2, 0) is 11.3 Å². The summed E-state index contributed by atoms with van der Waals surface area (Å²) in [5.41, 5.74) is 13.6. The lowest BCUT2D eigenvalue weighted by atomic mass is 10.2. The summed E-state index contributed by atoms with van der Waals surface area (Å²) in [6.45, 7) is 0.0427. The fourth-order valence-electron chi connectivity index (χ4n) is 2.35. The number of hydrogen-bond acceptors (Lipinski definition) is 9. The lowest BCUT2D eigenvalue weighted by Crippen LogP contribution is -2.18. The highest BCUT2D eigenvalue weighted by molar-refractivity contribution is 5.81. The van der Waals surface area contributed by atoms with Gasteiger partial charge in [-0.25, -0.2) is 14.8 Å². The molecule has 0 spiro atoms. The third-order valence-corrected chi connectivity index (χ3v) is 3.52. The smallest absolute Gasteiger partial charge is 0.341 e. The number of aliphatic carboxylic acids is 1. The van der Waals surface area contributed by atoms with Gasteiger partial charge in [0.05, 0.1) is 18.4 Å². The molecular formula is C16H17N7O3. The van der Waals surface area contributed by atoms with E-state index in [2.05, 4.69) is 19.9 Å². The first-order valence-electron chi connectivity index (χ1n) is 7.63. The summed E-state index contributed by atoms with van der Waals surface area (Å²) < 4.78 is 5.19. The summed E-state index contributed by atoms with van der Waals surface area (Å²) in [5.74, 6) is -0.341. The van der Waals surface area contributed by atoms with Crippen molar-refractivity contribution in [2.45, 2.75) is 6.54 Å². The van der Waals surface area contributed by atoms with Crippen LogP contribution < -0.4 is 21.1 Å². The number of nitrogen functional groups attached to an aromatic ring is 2. The second-order valence-corrected chi connectivity index (χ2v) is 5.54. The number of aromatic nitrogens is 4. The van der Waals surface area contributed by atoms with Crippen molar-refractivity contribution in [1.82, 2.24) is 19.9 Å². The fraction of sp³-hybridized carbons (Fsp3) is 0.188. The summed E-state index contributed by atoms with van der Waals surface area (Å²) in [4.78, 5) is 29.1. The zero-order chi connectivity index (χ0) is 18.7. The summed E-state index contributed by atoms with van der Waals surface area (Å²) in [6.07, 6.45) is 1.60. The molecule has 1 aromatic carbocycles. The number of anilines is 3. The van der Waals surface area contributed by atoms with Gasteiger partial charge in [-0.2, -0.15) is 9.97 Å². The molecule has 134 valence electrons. The maximum absolute atomic E-state index is 10.6. The van der Waals surface area contributed by atoms with Crippen molar-refractivity contribution in [3.05, 3.63) is 36.2 Å². The molecule has 10 heteroatoms. The number of ether oxygens (including phenoxy) is 1. The van der Waals surface area contributed by atoms with Gasteiger partial charge in [0, 0.05) is 18.8 Å². The van der Waals surface area contributed by atoms with Crippen LogP contribution in [0.15, 0.2) is 30.5 Å². The molecule has 0 saturated carbocycles. The standard InChI is InChI=1S/C16H17N7O3/c1-23(10-3-2-4-11(5-10)26-8-12(24)25)7-9-6-19-13-14(17)21-16(18)22-15(13)20-9/h2-6H,7-8H2,1H3,(H,24,25)(H4,17,18,20,21,22). The second kappa shape index (κ2) is 7.05. The highest BCUT2D eigenvalue weighted by atomic mass is 16.5. The molecular weight excluding hydrogens is 338 g/mol. The van der Waals surface area contributed by atoms with E-state index in [1.54, 1.807) is 24.4 Å². The van der Waals surface area contributed by atoms with Crippen molar-refractivity contribution in [2.75, 3.05) is 30.0 Å². The minimum atomic E-state index is -1.03. The molecule has 0 bridgehead atoms. The third kappa shape index (κ3) is 3.86. The minimum absolute atomic E-state index is 0.0399. The van der Waals surface area contributed by atoms with Gasteiger partial charge < -0.3 is 26.2 Å². The Morgan fingerprint density at radius 2 is 2.08 bits per heavy atom. The highest BCUT2D eigenvalue weighted by Gasteiger charge is 2.10. The van der Waals surface area contributed by atoms with Crippen molar-refractivity contribution in [2.24, 2.45) is 0 Å². The van der Waals surface area contributed by atoms with E-state index in [4.69, 9.17) is 21.3 Å². The van der Waals surface area contributed by atoms with E-state index in [9.17, 15) is 4.79 Å². The Bertz CT molecular complexity index is 964. The number of hydrogen-bond donors (Lipinski definition) is 3. The van der Waals surface area contributed by atoms with Gasteiger partial charge in [-0.15, -0.1) is 0 Å². The Balaban J connectivity index is 1.79. The van der Waals surface area contributed by atoms with Crippen LogP contribution in [0.4, 0.5) is 17.5 Å². The van der Waals surface area contributed by atoms with E-state index < -0.39 is 12.6 Å². The molecule has 5 N–H and O–H groups in total. The number of rotatable bonds is 6. The van der Waals surface area contributed by atoms with E-state index in [1.807, 2.05) is 18.0 Å². The number of nitrogens with two attached hydrogens (primary N) is 2. The van der Waals surface area contributed by atoms with Gasteiger partial charge >= 0.3 is 5.97 Å². The van der Waals surface area contributed by atoms with Crippen molar-refractivity contribution < 1.29 is 14.6 Å². The number of benzene rings is 1. The molecule has 0 aliphatic heterocycles. The first kappa shape index (κ1) is 17.1. The van der Waals surface area contributed by atoms with E-state index >= 15 is 0 Å². The lowest BCUT2D eigenvalue weighted by Gasteiger charge is -2.19. The van der Waals surface area contributed by atoms with Crippen LogP contribution in [0.2, 0.25) is 0 Å². The molecule has 0 unspecified atom stereocenters. The normalized spacial score (nSPS) is 10.7. The third-order valence-electron chi connectivity index (χ3n) is 3.52. The van der Waals surface area contributed by atoms with Gasteiger partial charge in [0.1, 0.15) is 11.3 Å². The van der Waals surface area contributed by atoms with Crippen LogP contribution in [0.1, 0.15) is 5.69 Å². The largest absolute Gasteiger partial charge is 0.482 e. The molecule has 0 atom stereocenters. The lowest BCUT2D eigenvalue weighted by molar-refractivity contribution is -0.139. The van der Waals surface area contributed by atoms with Crippen LogP contribution in [0.25, 0.3) is 11.2 Å². The van der Waals surface area contributed by atoms with Gasteiger partial charge in [0.15, 0.2) is 18.1 Å². The molecule has 0 fully saturated rings. The van der Waals surface area contributed by atoms with E-state index in [1.165, 1.54) is 0 Å². The van der Waals surface area contributed by atoms with Gasteiger partial charge in [-0.3, -0.25) is 0 Å². The van der Waals surface area contributed by atoms with Crippen LogP contribution in [-0.4, -0.2) is 44.7 Å². The second-order valence-electron chi connectivity index (χ2n) is 5.54. The first-order valence-corrected chi connectivity index (χ1v) is 7.63. The summed E-state index contributed by atoms with van der Waals surface area (Å²) in [7, 11) is 1.87. The average Bonchev–Trinajstić information content (AvgIpc) is 2.59. The number of fused-ring (bicyclic) bond motifs is 1. The Labute approximate surface area is 148 Å². The summed E-state index contributed by atoms with van der Waals surface area (Å²) >= 11 is 0. The molecule has 0 radical (unpaired) electrons. The molecule has 10 nitrogen and oxygen atoms in total. The maximum Gasteiger partial charge on any atom is 0.341 e. The van der Waals surface area contributed by atoms with E-state index in [-0.39, 0.29) is 11.8 Å². The monoisotopic (exact) mass is 355 g/mol. The molecule has 0 saturated heterocycles. The van der Waals surface area contributed by atoms with Crippen molar-refractivity contribution in [3.8, 4) is 5.75 Å². The number of carboxylic acid groups (broad SMARTS) is 1. The Kier molecular flexibility index (Phi) is 4.65. The average molecular weight is 355 g/mol. The SMILES string of the molecule is CN(Cc1cnc2c(N)nc(N)nc2n1)c1cccc(OCC(=O)O)c1. The number of carbonyl (C=O) groups is 1. The molecule has 2 aromatic heterocycles. The molecule has 3 aromatic rings. The van der Waals surface area contributed by atoms with Crippen LogP contribution in [0.3, 0.4) is 0 Å². The highest BCUT2D eigenvalue weighted by Crippen LogP contribution is 2.22. The summed E-state index contributed by atoms with van der Waals surface area (Å²) in [6, 6.07) is 7.10. The Hall–Kier alpha value is -3.69. The molecule has 3 rings (SSSR count). The Morgan fingerprint density at radius 1 is 1.27 bits per heavy atom. The molecule has 0 amide bonds. The van der Waals surface area contributed by atoms with Crippen molar-refractivity contribution in [1.29, 1.82) is 0 Å². The zero-order valence-electron chi connectivity index (χ0n) is 14.0. The predicted octanol–water partition coefficient (Wildman–Crippen LogP) is 0.684. The topological polar surface area (TPSA) is 153 Å². The van der Waals surface area contributed by atoms with E-state index in [0.29, 0.717) is 29.2 Å².